The minimum Gasteiger partial charge on any atom is -0.360 e. The van der Waals surface area contributed by atoms with Crippen LogP contribution < -0.4 is 5.32 Å². The first kappa shape index (κ1) is 13.9. The van der Waals surface area contributed by atoms with Crippen LogP contribution in [0.25, 0.3) is 0 Å². The summed E-state index contributed by atoms with van der Waals surface area (Å²) in [6.45, 7) is 11.3. The molecule has 1 fully saturated rings. The zero-order chi connectivity index (χ0) is 12.2. The maximum absolute atomic E-state index is 4.82. The second-order valence-electron chi connectivity index (χ2n) is 5.20. The van der Waals surface area contributed by atoms with E-state index >= 15 is 0 Å². The molecule has 1 rings (SSSR count). The van der Waals surface area contributed by atoms with E-state index in [0.29, 0.717) is 12.0 Å². The molecule has 1 heterocycles. The van der Waals surface area contributed by atoms with Gasteiger partial charge < -0.3 is 5.32 Å². The van der Waals surface area contributed by atoms with E-state index in [2.05, 4.69) is 39.9 Å². The smallest absolute Gasteiger partial charge is 0.157 e. The van der Waals surface area contributed by atoms with Gasteiger partial charge in [0.2, 0.25) is 0 Å². The van der Waals surface area contributed by atoms with Gasteiger partial charge in [0.15, 0.2) is 5.17 Å². The standard InChI is InChI=1S/C13H26N2S/c1-6-10(3)11(4)14-12-15-13(5,7-2)8-9-16-12/h10-11H,6-9H2,1-5H3,(H,14,15). The number of hydrogen-bond donors (Lipinski definition) is 1. The quantitative estimate of drug-likeness (QED) is 0.813. The summed E-state index contributed by atoms with van der Waals surface area (Å²) in [4.78, 5) is 4.82. The summed E-state index contributed by atoms with van der Waals surface area (Å²) in [7, 11) is 0. The van der Waals surface area contributed by atoms with Gasteiger partial charge in [0.25, 0.3) is 0 Å². The molecule has 0 amide bonds. The average molecular weight is 242 g/mol. The Hall–Kier alpha value is -0.180. The van der Waals surface area contributed by atoms with E-state index in [-0.39, 0.29) is 5.54 Å². The van der Waals surface area contributed by atoms with E-state index in [1.807, 2.05) is 11.8 Å². The van der Waals surface area contributed by atoms with Gasteiger partial charge in [-0.2, -0.15) is 0 Å². The molecule has 94 valence electrons. The Bertz CT molecular complexity index is 252. The first-order chi connectivity index (χ1) is 7.50. The monoisotopic (exact) mass is 242 g/mol. The Morgan fingerprint density at radius 2 is 2.12 bits per heavy atom. The Morgan fingerprint density at radius 3 is 2.69 bits per heavy atom. The van der Waals surface area contributed by atoms with Gasteiger partial charge in [-0.05, 0) is 32.6 Å². The number of nitrogens with zero attached hydrogens (tertiary/aromatic N) is 1. The highest BCUT2D eigenvalue weighted by Gasteiger charge is 2.27. The van der Waals surface area contributed by atoms with E-state index in [0.717, 1.165) is 5.17 Å². The highest BCUT2D eigenvalue weighted by atomic mass is 32.2. The number of hydrogen-bond acceptors (Lipinski definition) is 2. The van der Waals surface area contributed by atoms with Crippen LogP contribution >= 0.6 is 11.8 Å². The minimum atomic E-state index is 0.263. The molecule has 3 atom stereocenters. The molecule has 1 aliphatic heterocycles. The molecule has 3 unspecified atom stereocenters. The van der Waals surface area contributed by atoms with Gasteiger partial charge in [0, 0.05) is 11.3 Å². The predicted molar refractivity (Wildman–Crippen MR) is 75.3 cm³/mol. The van der Waals surface area contributed by atoms with Crippen molar-refractivity contribution in [2.45, 2.75) is 65.5 Å². The van der Waals surface area contributed by atoms with Crippen LogP contribution in [0.15, 0.2) is 4.99 Å². The zero-order valence-corrected chi connectivity index (χ0v) is 12.2. The summed E-state index contributed by atoms with van der Waals surface area (Å²) < 4.78 is 0. The molecule has 0 saturated carbocycles. The van der Waals surface area contributed by atoms with Gasteiger partial charge in [-0.1, -0.05) is 39.0 Å². The normalized spacial score (nSPS) is 32.2. The fourth-order valence-electron chi connectivity index (χ4n) is 1.72. The van der Waals surface area contributed by atoms with Crippen molar-refractivity contribution in [1.82, 2.24) is 5.32 Å². The molecule has 1 N–H and O–H groups in total. The van der Waals surface area contributed by atoms with Crippen LogP contribution in [0.5, 0.6) is 0 Å². The third-order valence-corrected chi connectivity index (χ3v) is 4.76. The van der Waals surface area contributed by atoms with E-state index in [1.165, 1.54) is 25.0 Å². The fourth-order valence-corrected chi connectivity index (χ4v) is 3.02. The third-order valence-electron chi connectivity index (χ3n) is 3.87. The predicted octanol–water partition coefficient (Wildman–Crippen LogP) is 3.67. The van der Waals surface area contributed by atoms with E-state index in [1.54, 1.807) is 0 Å². The van der Waals surface area contributed by atoms with Crippen molar-refractivity contribution >= 4 is 16.9 Å². The van der Waals surface area contributed by atoms with E-state index in [4.69, 9.17) is 4.99 Å². The number of rotatable bonds is 4. The first-order valence-electron chi connectivity index (χ1n) is 6.49. The molecule has 0 aliphatic carbocycles. The van der Waals surface area contributed by atoms with Crippen molar-refractivity contribution in [2.75, 3.05) is 5.75 Å². The van der Waals surface area contributed by atoms with Crippen LogP contribution in [0.2, 0.25) is 0 Å². The molecular formula is C13H26N2S. The summed E-state index contributed by atoms with van der Waals surface area (Å²) in [5.41, 5.74) is 0.263. The van der Waals surface area contributed by atoms with Crippen LogP contribution in [-0.4, -0.2) is 22.5 Å². The lowest BCUT2D eigenvalue weighted by Gasteiger charge is -2.35. The Balaban J connectivity index is 2.62. The molecular weight excluding hydrogens is 216 g/mol. The van der Waals surface area contributed by atoms with Gasteiger partial charge in [-0.15, -0.1) is 0 Å². The molecule has 0 aromatic carbocycles. The minimum absolute atomic E-state index is 0.263. The molecule has 3 heteroatoms. The van der Waals surface area contributed by atoms with Crippen molar-refractivity contribution in [3.05, 3.63) is 0 Å². The van der Waals surface area contributed by atoms with Crippen LogP contribution in [-0.2, 0) is 0 Å². The summed E-state index contributed by atoms with van der Waals surface area (Å²) in [5.74, 6) is 1.87. The lowest BCUT2D eigenvalue weighted by Crippen LogP contribution is -2.48. The van der Waals surface area contributed by atoms with Gasteiger partial charge in [0.1, 0.15) is 0 Å². The SMILES string of the molecule is CCC(C)C(C)N=C1NC(C)(CC)CCS1. The van der Waals surface area contributed by atoms with Crippen LogP contribution in [0.3, 0.4) is 0 Å². The molecule has 1 aliphatic rings. The topological polar surface area (TPSA) is 24.4 Å². The van der Waals surface area contributed by atoms with Crippen LogP contribution in [0.4, 0.5) is 0 Å². The lowest BCUT2D eigenvalue weighted by molar-refractivity contribution is 0.387. The first-order valence-corrected chi connectivity index (χ1v) is 7.48. The molecule has 0 bridgehead atoms. The summed E-state index contributed by atoms with van der Waals surface area (Å²) in [6.07, 6.45) is 3.61. The molecule has 1 saturated heterocycles. The molecule has 16 heavy (non-hydrogen) atoms. The molecule has 0 spiro atoms. The summed E-state index contributed by atoms with van der Waals surface area (Å²) in [6, 6.07) is 0.430. The van der Waals surface area contributed by atoms with Gasteiger partial charge >= 0.3 is 0 Å². The van der Waals surface area contributed by atoms with Crippen LogP contribution in [0, 0.1) is 5.92 Å². The molecule has 0 aromatic rings. The number of thioether (sulfide) groups is 1. The molecule has 0 aromatic heterocycles. The number of nitrogens with one attached hydrogen (secondary N) is 1. The summed E-state index contributed by atoms with van der Waals surface area (Å²) >= 11 is 1.88. The van der Waals surface area contributed by atoms with Gasteiger partial charge in [-0.3, -0.25) is 4.99 Å². The highest BCUT2D eigenvalue weighted by Crippen LogP contribution is 2.25. The molecule has 2 nitrogen and oxygen atoms in total. The fraction of sp³-hybridized carbons (Fsp3) is 0.923. The van der Waals surface area contributed by atoms with E-state index < -0.39 is 0 Å². The van der Waals surface area contributed by atoms with Gasteiger partial charge in [0.05, 0.1) is 6.04 Å². The van der Waals surface area contributed by atoms with Gasteiger partial charge in [-0.25, -0.2) is 0 Å². The molecule has 0 radical (unpaired) electrons. The lowest BCUT2D eigenvalue weighted by atomic mass is 9.96. The zero-order valence-electron chi connectivity index (χ0n) is 11.3. The number of aliphatic imine (C=N–C) groups is 1. The van der Waals surface area contributed by atoms with Crippen molar-refractivity contribution in [3.63, 3.8) is 0 Å². The maximum atomic E-state index is 4.82. The highest BCUT2D eigenvalue weighted by molar-refractivity contribution is 8.13. The summed E-state index contributed by atoms with van der Waals surface area (Å²) in [5, 5.41) is 4.76. The Morgan fingerprint density at radius 1 is 1.44 bits per heavy atom. The van der Waals surface area contributed by atoms with Crippen molar-refractivity contribution in [1.29, 1.82) is 0 Å². The number of amidine groups is 1. The second-order valence-corrected chi connectivity index (χ2v) is 6.28. The third kappa shape index (κ3) is 3.69. The van der Waals surface area contributed by atoms with Crippen LogP contribution in [0.1, 0.15) is 53.9 Å². The maximum Gasteiger partial charge on any atom is 0.157 e. The Labute approximate surface area is 105 Å². The second kappa shape index (κ2) is 5.95. The Kier molecular flexibility index (Phi) is 5.16. The van der Waals surface area contributed by atoms with Crippen molar-refractivity contribution in [3.8, 4) is 0 Å². The average Bonchev–Trinajstić information content (AvgIpc) is 2.28. The van der Waals surface area contributed by atoms with E-state index in [9.17, 15) is 0 Å². The van der Waals surface area contributed by atoms with Crippen molar-refractivity contribution in [2.24, 2.45) is 10.9 Å². The van der Waals surface area contributed by atoms with Crippen molar-refractivity contribution < 1.29 is 0 Å². The largest absolute Gasteiger partial charge is 0.360 e.